The van der Waals surface area contributed by atoms with E-state index in [1.54, 1.807) is 0 Å². The fourth-order valence-corrected chi connectivity index (χ4v) is 4.35. The second-order valence-corrected chi connectivity index (χ2v) is 8.00. The summed E-state index contributed by atoms with van der Waals surface area (Å²) in [6.07, 6.45) is 8.04. The highest BCUT2D eigenvalue weighted by atomic mass is 28.2. The molecule has 1 nitrogen and oxygen atoms in total. The predicted molar refractivity (Wildman–Crippen MR) is 107 cm³/mol. The van der Waals surface area contributed by atoms with E-state index in [9.17, 15) is 0 Å². The van der Waals surface area contributed by atoms with E-state index in [1.807, 2.05) is 0 Å². The molecule has 0 atom stereocenters. The average molecular weight is 341 g/mol. The van der Waals surface area contributed by atoms with E-state index >= 15 is 0 Å². The Balaban J connectivity index is 1.74. The molecule has 0 fully saturated rings. The van der Waals surface area contributed by atoms with Crippen LogP contribution < -0.4 is 0 Å². The summed E-state index contributed by atoms with van der Waals surface area (Å²) in [5.74, 6) is 0.540. The van der Waals surface area contributed by atoms with E-state index in [0.29, 0.717) is 5.92 Å². The molecule has 0 aliphatic carbocycles. The van der Waals surface area contributed by atoms with Gasteiger partial charge >= 0.3 is 0 Å². The van der Waals surface area contributed by atoms with Gasteiger partial charge in [0.05, 0.1) is 0 Å². The highest BCUT2D eigenvalue weighted by Gasteiger charge is 2.13. The van der Waals surface area contributed by atoms with Crippen molar-refractivity contribution in [3.05, 3.63) is 71.8 Å². The number of hydrogen-bond donors (Lipinski definition) is 0. The summed E-state index contributed by atoms with van der Waals surface area (Å²) in [6.45, 7) is 3.01. The SMILES string of the molecule is CCO[SiH2]CCCCCCCC(c1ccccc1)c1ccccc1. The van der Waals surface area contributed by atoms with E-state index in [1.165, 1.54) is 55.7 Å². The Bertz CT molecular complexity index is 487. The number of unbranched alkanes of at least 4 members (excludes halogenated alkanes) is 4. The molecule has 0 spiro atoms. The van der Waals surface area contributed by atoms with E-state index in [2.05, 4.69) is 67.6 Å². The van der Waals surface area contributed by atoms with Gasteiger partial charge in [0.2, 0.25) is 0 Å². The number of rotatable bonds is 12. The van der Waals surface area contributed by atoms with Gasteiger partial charge in [-0.25, -0.2) is 0 Å². The predicted octanol–water partition coefficient (Wildman–Crippen LogP) is 5.70. The van der Waals surface area contributed by atoms with Crippen molar-refractivity contribution in [3.8, 4) is 0 Å². The molecule has 0 saturated carbocycles. The zero-order valence-electron chi connectivity index (χ0n) is 15.1. The second-order valence-electron chi connectivity index (χ2n) is 6.48. The quantitative estimate of drug-likeness (QED) is 0.356. The Morgan fingerprint density at radius 2 is 1.29 bits per heavy atom. The van der Waals surface area contributed by atoms with Crippen LogP contribution in [0.4, 0.5) is 0 Å². The monoisotopic (exact) mass is 340 g/mol. The Hall–Kier alpha value is -1.38. The van der Waals surface area contributed by atoms with Crippen LogP contribution in [-0.2, 0) is 4.43 Å². The minimum absolute atomic E-state index is 0.211. The summed E-state index contributed by atoms with van der Waals surface area (Å²) in [6, 6.07) is 23.3. The standard InChI is InChI=1S/C22H32OSi/c1-2-23-24-19-13-5-3-4-12-18-22(20-14-8-6-9-15-20)21-16-10-7-11-17-21/h6-11,14-17,22H,2-5,12-13,18-19,24H2,1H3. The lowest BCUT2D eigenvalue weighted by atomic mass is 9.87. The Morgan fingerprint density at radius 1 is 0.750 bits per heavy atom. The summed E-state index contributed by atoms with van der Waals surface area (Å²) >= 11 is 0. The fraction of sp³-hybridized carbons (Fsp3) is 0.455. The Morgan fingerprint density at radius 3 is 1.88 bits per heavy atom. The van der Waals surface area contributed by atoms with Crippen molar-refractivity contribution < 1.29 is 4.43 Å². The third-order valence-electron chi connectivity index (χ3n) is 4.64. The van der Waals surface area contributed by atoms with Crippen molar-refractivity contribution in [2.45, 2.75) is 57.4 Å². The molecule has 2 aromatic carbocycles. The topological polar surface area (TPSA) is 9.23 Å². The van der Waals surface area contributed by atoms with Crippen LogP contribution in [0.5, 0.6) is 0 Å². The normalized spacial score (nSPS) is 11.6. The van der Waals surface area contributed by atoms with E-state index in [0.717, 1.165) is 6.61 Å². The van der Waals surface area contributed by atoms with Gasteiger partial charge in [-0.05, 0) is 30.5 Å². The molecule has 0 unspecified atom stereocenters. The molecule has 0 radical (unpaired) electrons. The maximum atomic E-state index is 5.53. The molecule has 0 heterocycles. The van der Waals surface area contributed by atoms with Gasteiger partial charge in [-0.3, -0.25) is 0 Å². The first-order valence-electron chi connectivity index (χ1n) is 9.59. The molecule has 2 rings (SSSR count). The molecule has 0 aliphatic heterocycles. The molecule has 0 aliphatic rings. The lowest BCUT2D eigenvalue weighted by Crippen LogP contribution is -2.01. The van der Waals surface area contributed by atoms with Crippen molar-refractivity contribution >= 4 is 9.76 Å². The summed E-state index contributed by atoms with van der Waals surface area (Å²) < 4.78 is 5.53. The number of hydrogen-bond acceptors (Lipinski definition) is 1. The molecule has 2 heteroatoms. The van der Waals surface area contributed by atoms with Crippen LogP contribution in [0.3, 0.4) is 0 Å². The van der Waals surface area contributed by atoms with Gasteiger partial charge in [0.15, 0.2) is 9.76 Å². The van der Waals surface area contributed by atoms with Crippen LogP contribution in [-0.4, -0.2) is 16.4 Å². The summed E-state index contributed by atoms with van der Waals surface area (Å²) in [7, 11) is -0.211. The van der Waals surface area contributed by atoms with Crippen LogP contribution >= 0.6 is 0 Å². The molecule has 130 valence electrons. The summed E-state index contributed by atoms with van der Waals surface area (Å²) in [5, 5.41) is 0. The number of benzene rings is 2. The van der Waals surface area contributed by atoms with Crippen molar-refractivity contribution in [1.29, 1.82) is 0 Å². The van der Waals surface area contributed by atoms with E-state index < -0.39 is 0 Å². The second kappa shape index (κ2) is 12.0. The lowest BCUT2D eigenvalue weighted by Gasteiger charge is -2.18. The van der Waals surface area contributed by atoms with Crippen LogP contribution in [0.25, 0.3) is 0 Å². The third kappa shape index (κ3) is 7.02. The molecule has 0 amide bonds. The lowest BCUT2D eigenvalue weighted by molar-refractivity contribution is 0.358. The fourth-order valence-electron chi connectivity index (χ4n) is 3.30. The maximum absolute atomic E-state index is 5.53. The Kier molecular flexibility index (Phi) is 9.51. The molecule has 0 N–H and O–H groups in total. The van der Waals surface area contributed by atoms with Gasteiger partial charge in [0.1, 0.15) is 0 Å². The third-order valence-corrected chi connectivity index (χ3v) is 6.13. The van der Waals surface area contributed by atoms with Gasteiger partial charge in [-0.2, -0.15) is 0 Å². The van der Waals surface area contributed by atoms with Crippen LogP contribution in [0.1, 0.15) is 62.5 Å². The largest absolute Gasteiger partial charge is 0.424 e. The summed E-state index contributed by atoms with van der Waals surface area (Å²) in [5.41, 5.74) is 2.90. The Labute approximate surface area is 150 Å². The zero-order valence-corrected chi connectivity index (χ0v) is 16.5. The van der Waals surface area contributed by atoms with Crippen LogP contribution in [0.2, 0.25) is 6.04 Å². The molecular weight excluding hydrogens is 308 g/mol. The first kappa shape index (κ1) is 18.9. The van der Waals surface area contributed by atoms with Crippen molar-refractivity contribution in [2.24, 2.45) is 0 Å². The van der Waals surface area contributed by atoms with E-state index in [-0.39, 0.29) is 9.76 Å². The van der Waals surface area contributed by atoms with Gasteiger partial charge in [-0.1, -0.05) is 92.8 Å². The molecular formula is C22H32OSi. The minimum atomic E-state index is -0.211. The molecule has 0 saturated heterocycles. The van der Waals surface area contributed by atoms with Crippen LogP contribution in [0.15, 0.2) is 60.7 Å². The van der Waals surface area contributed by atoms with Gasteiger partial charge in [0, 0.05) is 12.5 Å². The van der Waals surface area contributed by atoms with Gasteiger partial charge < -0.3 is 4.43 Å². The first-order valence-corrected chi connectivity index (χ1v) is 11.2. The smallest absolute Gasteiger partial charge is 0.161 e. The highest BCUT2D eigenvalue weighted by Crippen LogP contribution is 2.29. The van der Waals surface area contributed by atoms with Crippen LogP contribution in [0, 0.1) is 0 Å². The molecule has 2 aromatic rings. The van der Waals surface area contributed by atoms with Crippen molar-refractivity contribution in [2.75, 3.05) is 6.61 Å². The van der Waals surface area contributed by atoms with Crippen molar-refractivity contribution in [1.82, 2.24) is 0 Å². The van der Waals surface area contributed by atoms with E-state index in [4.69, 9.17) is 4.43 Å². The van der Waals surface area contributed by atoms with Crippen molar-refractivity contribution in [3.63, 3.8) is 0 Å². The molecule has 24 heavy (non-hydrogen) atoms. The zero-order chi connectivity index (χ0) is 16.9. The average Bonchev–Trinajstić information content (AvgIpc) is 2.65. The minimum Gasteiger partial charge on any atom is -0.424 e. The van der Waals surface area contributed by atoms with Gasteiger partial charge in [0.25, 0.3) is 0 Å². The molecule has 0 bridgehead atoms. The first-order chi connectivity index (χ1) is 11.9. The van der Waals surface area contributed by atoms with Gasteiger partial charge in [-0.15, -0.1) is 0 Å². The highest BCUT2D eigenvalue weighted by molar-refractivity contribution is 6.26. The molecule has 0 aromatic heterocycles. The maximum Gasteiger partial charge on any atom is 0.161 e. The summed E-state index contributed by atoms with van der Waals surface area (Å²) in [4.78, 5) is 0.